The standard InChI is InChI=1S/C12H34O5Si4/c1-11-13-20(9,14-12-2)17-21(10,15-18(3,4)5)16-19(6,7)8/h11-12H2,1-10H3. The van der Waals surface area contributed by atoms with Crippen LogP contribution in [0.15, 0.2) is 0 Å². The van der Waals surface area contributed by atoms with E-state index in [4.69, 9.17) is 21.2 Å². The molecule has 0 aliphatic heterocycles. The average molecular weight is 371 g/mol. The van der Waals surface area contributed by atoms with Crippen molar-refractivity contribution in [3.8, 4) is 0 Å². The Bertz CT molecular complexity index is 292. The van der Waals surface area contributed by atoms with Gasteiger partial charge >= 0.3 is 17.6 Å². The van der Waals surface area contributed by atoms with E-state index < -0.39 is 34.2 Å². The Morgan fingerprint density at radius 3 is 1.10 bits per heavy atom. The van der Waals surface area contributed by atoms with E-state index in [9.17, 15) is 0 Å². The molecule has 0 aliphatic carbocycles. The summed E-state index contributed by atoms with van der Waals surface area (Å²) in [5.41, 5.74) is 0. The molecule has 0 saturated carbocycles. The van der Waals surface area contributed by atoms with Gasteiger partial charge in [-0.15, -0.1) is 0 Å². The van der Waals surface area contributed by atoms with Gasteiger partial charge in [-0.3, -0.25) is 0 Å². The van der Waals surface area contributed by atoms with Crippen LogP contribution in [0.4, 0.5) is 0 Å². The highest BCUT2D eigenvalue weighted by Crippen LogP contribution is 2.26. The van der Waals surface area contributed by atoms with Gasteiger partial charge in [0.05, 0.1) is 0 Å². The van der Waals surface area contributed by atoms with Crippen molar-refractivity contribution in [1.82, 2.24) is 0 Å². The smallest absolute Gasteiger partial charge is 0.417 e. The number of hydrogen-bond acceptors (Lipinski definition) is 5. The molecule has 0 aliphatic rings. The molecule has 128 valence electrons. The topological polar surface area (TPSA) is 46.2 Å². The van der Waals surface area contributed by atoms with Gasteiger partial charge in [-0.2, -0.15) is 0 Å². The molecule has 0 heterocycles. The van der Waals surface area contributed by atoms with E-state index in [1.807, 2.05) is 26.9 Å². The molecule has 9 heteroatoms. The van der Waals surface area contributed by atoms with Crippen molar-refractivity contribution in [3.05, 3.63) is 0 Å². The molecular weight excluding hydrogens is 336 g/mol. The van der Waals surface area contributed by atoms with Crippen molar-refractivity contribution in [1.29, 1.82) is 0 Å². The third-order valence-corrected chi connectivity index (χ3v) is 14.6. The maximum atomic E-state index is 6.33. The van der Waals surface area contributed by atoms with Crippen molar-refractivity contribution >= 4 is 34.2 Å². The summed E-state index contributed by atoms with van der Waals surface area (Å²) in [5.74, 6) is 0. The third kappa shape index (κ3) is 10.1. The Morgan fingerprint density at radius 2 is 0.857 bits per heavy atom. The first-order valence-corrected chi connectivity index (χ1v) is 18.9. The van der Waals surface area contributed by atoms with E-state index in [1.54, 1.807) is 0 Å². The molecule has 0 rings (SSSR count). The largest absolute Gasteiger partial charge is 0.490 e. The van der Waals surface area contributed by atoms with Crippen LogP contribution < -0.4 is 0 Å². The van der Waals surface area contributed by atoms with E-state index in [1.165, 1.54) is 0 Å². The van der Waals surface area contributed by atoms with Crippen molar-refractivity contribution in [2.75, 3.05) is 13.2 Å². The highest BCUT2D eigenvalue weighted by Gasteiger charge is 2.51. The zero-order chi connectivity index (χ0) is 16.9. The molecule has 0 spiro atoms. The van der Waals surface area contributed by atoms with Gasteiger partial charge in [0.15, 0.2) is 16.6 Å². The SMILES string of the molecule is CCO[Si](C)(OCC)O[Si](C)(O[Si](C)(C)C)O[Si](C)(C)C. The van der Waals surface area contributed by atoms with E-state index >= 15 is 0 Å². The second kappa shape index (κ2) is 7.97. The van der Waals surface area contributed by atoms with Gasteiger partial charge in [0.2, 0.25) is 0 Å². The predicted molar refractivity (Wildman–Crippen MR) is 96.4 cm³/mol. The summed E-state index contributed by atoms with van der Waals surface area (Å²) >= 11 is 0. The first-order valence-electron chi connectivity index (χ1n) is 7.62. The molecule has 0 unspecified atom stereocenters. The van der Waals surface area contributed by atoms with Crippen molar-refractivity contribution in [2.45, 2.75) is 66.2 Å². The summed E-state index contributed by atoms with van der Waals surface area (Å²) in [6, 6.07) is 0. The Balaban J connectivity index is 5.28. The van der Waals surface area contributed by atoms with Gasteiger partial charge in [-0.1, -0.05) is 0 Å². The molecule has 0 saturated heterocycles. The van der Waals surface area contributed by atoms with Crippen LogP contribution in [-0.2, 0) is 21.2 Å². The summed E-state index contributed by atoms with van der Waals surface area (Å²) < 4.78 is 30.6. The maximum absolute atomic E-state index is 6.33. The van der Waals surface area contributed by atoms with Crippen LogP contribution in [0.1, 0.15) is 13.8 Å². The van der Waals surface area contributed by atoms with Crippen molar-refractivity contribution in [3.63, 3.8) is 0 Å². The molecule has 0 amide bonds. The summed E-state index contributed by atoms with van der Waals surface area (Å²) in [6.07, 6.45) is 0. The van der Waals surface area contributed by atoms with Gasteiger partial charge < -0.3 is 21.2 Å². The van der Waals surface area contributed by atoms with Gasteiger partial charge in [0.1, 0.15) is 0 Å². The molecular formula is C12H34O5Si4. The average Bonchev–Trinajstić information content (AvgIpc) is 2.08. The lowest BCUT2D eigenvalue weighted by Gasteiger charge is -2.41. The lowest BCUT2D eigenvalue weighted by Crippen LogP contribution is -2.61. The van der Waals surface area contributed by atoms with Gasteiger partial charge in [-0.25, -0.2) is 0 Å². The van der Waals surface area contributed by atoms with Crippen LogP contribution >= 0.6 is 0 Å². The molecule has 21 heavy (non-hydrogen) atoms. The third-order valence-electron chi connectivity index (χ3n) is 2.17. The minimum Gasteiger partial charge on any atom is -0.417 e. The van der Waals surface area contributed by atoms with Crippen LogP contribution in [0.5, 0.6) is 0 Å². The molecule has 0 aromatic rings. The number of rotatable bonds is 10. The van der Waals surface area contributed by atoms with Gasteiger partial charge in [0, 0.05) is 26.3 Å². The van der Waals surface area contributed by atoms with Crippen LogP contribution in [0.25, 0.3) is 0 Å². The Kier molecular flexibility index (Phi) is 8.23. The first-order chi connectivity index (χ1) is 9.24. The zero-order valence-electron chi connectivity index (χ0n) is 15.5. The van der Waals surface area contributed by atoms with E-state index in [0.29, 0.717) is 13.2 Å². The normalized spacial score (nSPS) is 14.6. The van der Waals surface area contributed by atoms with Crippen LogP contribution in [0, 0.1) is 0 Å². The second-order valence-electron chi connectivity index (χ2n) is 7.12. The Morgan fingerprint density at radius 1 is 0.524 bits per heavy atom. The molecule has 0 N–H and O–H groups in total. The van der Waals surface area contributed by atoms with E-state index in [2.05, 4.69) is 39.3 Å². The minimum atomic E-state index is -2.79. The van der Waals surface area contributed by atoms with Crippen molar-refractivity contribution < 1.29 is 21.2 Å². The van der Waals surface area contributed by atoms with Crippen LogP contribution in [0.3, 0.4) is 0 Å². The second-order valence-corrected chi connectivity index (χ2v) is 22.0. The molecule has 0 radical (unpaired) electrons. The first kappa shape index (κ1) is 21.7. The fourth-order valence-corrected chi connectivity index (χ4v) is 17.0. The quantitative estimate of drug-likeness (QED) is 0.545. The fraction of sp³-hybridized carbons (Fsp3) is 1.00. The Labute approximate surface area is 135 Å². The Hall–Kier alpha value is 0.668. The zero-order valence-corrected chi connectivity index (χ0v) is 19.5. The van der Waals surface area contributed by atoms with Crippen LogP contribution in [-0.4, -0.2) is 47.5 Å². The van der Waals surface area contributed by atoms with Crippen molar-refractivity contribution in [2.24, 2.45) is 0 Å². The monoisotopic (exact) mass is 370 g/mol. The van der Waals surface area contributed by atoms with Crippen LogP contribution in [0.2, 0.25) is 52.4 Å². The summed E-state index contributed by atoms with van der Waals surface area (Å²) in [7, 11) is -9.11. The lowest BCUT2D eigenvalue weighted by atomic mass is 10.9. The van der Waals surface area contributed by atoms with Gasteiger partial charge in [0.25, 0.3) is 0 Å². The number of hydrogen-bond donors (Lipinski definition) is 0. The summed E-state index contributed by atoms with van der Waals surface area (Å²) in [4.78, 5) is 0. The fourth-order valence-electron chi connectivity index (χ4n) is 2.14. The highest BCUT2D eigenvalue weighted by atomic mass is 28.5. The molecule has 0 atom stereocenters. The molecule has 0 aromatic heterocycles. The predicted octanol–water partition coefficient (Wildman–Crippen LogP) is 3.92. The molecule has 0 aromatic carbocycles. The van der Waals surface area contributed by atoms with Gasteiger partial charge in [-0.05, 0) is 53.1 Å². The summed E-state index contributed by atoms with van der Waals surface area (Å²) in [5, 5.41) is 0. The highest BCUT2D eigenvalue weighted by molar-refractivity contribution is 6.88. The molecule has 5 nitrogen and oxygen atoms in total. The molecule has 0 bridgehead atoms. The minimum absolute atomic E-state index is 0.563. The van der Waals surface area contributed by atoms with E-state index in [-0.39, 0.29) is 0 Å². The van der Waals surface area contributed by atoms with E-state index in [0.717, 1.165) is 0 Å². The maximum Gasteiger partial charge on any atom is 0.490 e. The lowest BCUT2D eigenvalue weighted by molar-refractivity contribution is 0.0955. The summed E-state index contributed by atoms with van der Waals surface area (Å²) in [6.45, 7) is 21.8. The molecule has 0 fully saturated rings.